The third kappa shape index (κ3) is 8.97. The van der Waals surface area contributed by atoms with E-state index >= 15 is 4.39 Å². The van der Waals surface area contributed by atoms with Crippen molar-refractivity contribution in [3.8, 4) is 5.88 Å². The molecule has 0 bridgehead atoms. The molecule has 19 heteroatoms. The number of esters is 1. The van der Waals surface area contributed by atoms with Crippen LogP contribution in [-0.2, 0) is 39.9 Å². The lowest BCUT2D eigenvalue weighted by Gasteiger charge is -2.28. The Morgan fingerprint density at radius 3 is 2.64 bits per heavy atom. The number of alkyl halides is 2. The summed E-state index contributed by atoms with van der Waals surface area (Å²) in [4.78, 5) is 37.1. The minimum Gasteiger partial charge on any atom is -0.476 e. The van der Waals surface area contributed by atoms with Crippen LogP contribution in [0.15, 0.2) is 6.33 Å². The molecule has 0 amide bonds. The van der Waals surface area contributed by atoms with Crippen molar-refractivity contribution in [1.82, 2.24) is 24.6 Å². The molecule has 1 aliphatic heterocycles. The topological polar surface area (TPSA) is 182 Å². The van der Waals surface area contributed by atoms with Gasteiger partial charge in [-0.3, -0.25) is 14.2 Å². The summed E-state index contributed by atoms with van der Waals surface area (Å²) in [5, 5.41) is 10.8. The van der Waals surface area contributed by atoms with Crippen LogP contribution < -0.4 is 15.6 Å². The van der Waals surface area contributed by atoms with Gasteiger partial charge in [0.1, 0.15) is 18.2 Å². The largest absolute Gasteiger partial charge is 0.476 e. The van der Waals surface area contributed by atoms with E-state index in [-0.39, 0.29) is 53.2 Å². The van der Waals surface area contributed by atoms with Crippen molar-refractivity contribution in [3.63, 3.8) is 0 Å². The molecule has 248 valence electrons. The molecule has 0 radical (unpaired) electrons. The molecule has 0 saturated carbocycles. The number of nitrogens with two attached hydrogens (primary N) is 1. The van der Waals surface area contributed by atoms with Crippen LogP contribution in [0.1, 0.15) is 54.7 Å². The molecule has 4 N–H and O–H groups in total. The van der Waals surface area contributed by atoms with Gasteiger partial charge in [0.05, 0.1) is 32.3 Å². The maximum atomic E-state index is 15.9. The number of thioether (sulfide) groups is 1. The molecule has 2 aromatic rings. The standard InChI is InChI=1S/C25H39ClFN6O8PS2/c1-8-37-19-16-18(30-23(28)31-19)33(12-29-16)21-25(26,27)17(34)15(41-21)11-39-42(43,32-14(4)20(35)40-13(2)3)38-9-10-44-22(36)24(5,6)7/h12-15,17,21,34H,8-11H2,1-7H3,(H,32,43)(H2,28,30,31)/t14-,15-,17-,21-,25-,42-/m1/s1. The first-order valence-electron chi connectivity index (χ1n) is 13.8. The molecule has 0 unspecified atom stereocenters. The highest BCUT2D eigenvalue weighted by atomic mass is 35.5. The molecule has 6 atom stereocenters. The summed E-state index contributed by atoms with van der Waals surface area (Å²) in [5.41, 5.74) is 5.51. The Morgan fingerprint density at radius 1 is 1.34 bits per heavy atom. The number of imidazole rings is 1. The number of aliphatic hydroxyl groups excluding tert-OH is 1. The SMILES string of the molecule is CCOc1nc(N)nc2c1ncn2[C@@H]1O[C@H](CO[P@@](=S)(N[C@H](C)C(=O)OC(C)C)OCCSC(=O)C(C)(C)C)[C@@H](O)[C@]1(F)Cl. The number of aliphatic hydroxyl groups is 1. The van der Waals surface area contributed by atoms with E-state index in [1.807, 2.05) is 0 Å². The summed E-state index contributed by atoms with van der Waals surface area (Å²) in [6, 6.07) is -0.940. The molecule has 44 heavy (non-hydrogen) atoms. The van der Waals surface area contributed by atoms with Gasteiger partial charge in [-0.25, -0.2) is 14.5 Å². The summed E-state index contributed by atoms with van der Waals surface area (Å²) in [6.45, 7) is 8.33. The average molecular weight is 701 g/mol. The Bertz CT molecular complexity index is 1380. The van der Waals surface area contributed by atoms with E-state index in [2.05, 4.69) is 20.0 Å². The average Bonchev–Trinajstić information content (AvgIpc) is 3.42. The Morgan fingerprint density at radius 2 is 2.02 bits per heavy atom. The normalized spacial score (nSPS) is 24.4. The van der Waals surface area contributed by atoms with E-state index in [9.17, 15) is 14.7 Å². The first kappa shape index (κ1) is 36.8. The van der Waals surface area contributed by atoms with Gasteiger partial charge in [-0.2, -0.15) is 9.97 Å². The number of halogens is 2. The van der Waals surface area contributed by atoms with Gasteiger partial charge in [-0.15, -0.1) is 0 Å². The molecular weight excluding hydrogens is 662 g/mol. The van der Waals surface area contributed by atoms with Gasteiger partial charge in [-0.05, 0) is 39.5 Å². The van der Waals surface area contributed by atoms with Gasteiger partial charge < -0.3 is 34.1 Å². The molecule has 3 rings (SSSR count). The number of carbonyl (C=O) groups excluding carboxylic acids is 2. The number of anilines is 1. The summed E-state index contributed by atoms with van der Waals surface area (Å²) in [7, 11) is 0. The third-order valence-electron chi connectivity index (χ3n) is 5.98. The van der Waals surface area contributed by atoms with Gasteiger partial charge in [0.25, 0.3) is 11.8 Å². The lowest BCUT2D eigenvalue weighted by atomic mass is 10.00. The Balaban J connectivity index is 1.78. The van der Waals surface area contributed by atoms with Crippen molar-refractivity contribution in [3.05, 3.63) is 6.33 Å². The van der Waals surface area contributed by atoms with E-state index in [0.717, 1.165) is 11.8 Å². The monoisotopic (exact) mass is 700 g/mol. The second kappa shape index (κ2) is 14.8. The predicted octanol–water partition coefficient (Wildman–Crippen LogP) is 3.46. The van der Waals surface area contributed by atoms with Crippen molar-refractivity contribution < 1.29 is 42.3 Å². The zero-order valence-electron chi connectivity index (χ0n) is 25.5. The van der Waals surface area contributed by atoms with E-state index in [4.69, 9.17) is 52.4 Å². The van der Waals surface area contributed by atoms with Crippen molar-refractivity contribution >= 4 is 70.0 Å². The second-order valence-electron chi connectivity index (χ2n) is 11.1. The number of hydrogen-bond donors (Lipinski definition) is 3. The summed E-state index contributed by atoms with van der Waals surface area (Å²) in [6.07, 6.45) is -4.02. The number of nitrogens with zero attached hydrogens (tertiary/aromatic N) is 4. The number of rotatable bonds is 14. The van der Waals surface area contributed by atoms with Crippen LogP contribution in [0.4, 0.5) is 10.3 Å². The van der Waals surface area contributed by atoms with Crippen molar-refractivity contribution in [2.75, 3.05) is 31.3 Å². The first-order valence-corrected chi connectivity index (χ1v) is 17.8. The Labute approximate surface area is 269 Å². The molecule has 3 heterocycles. The summed E-state index contributed by atoms with van der Waals surface area (Å²) < 4.78 is 45.3. The van der Waals surface area contributed by atoms with Crippen LogP contribution in [0.2, 0.25) is 0 Å². The molecule has 0 aliphatic carbocycles. The highest BCUT2D eigenvalue weighted by Gasteiger charge is 2.58. The van der Waals surface area contributed by atoms with Crippen molar-refractivity contribution in [2.24, 2.45) is 5.41 Å². The molecule has 1 fully saturated rings. The fraction of sp³-hybridized carbons (Fsp3) is 0.720. The minimum absolute atomic E-state index is 0.00765. The fourth-order valence-corrected chi connectivity index (χ4v) is 7.40. The van der Waals surface area contributed by atoms with E-state index in [0.29, 0.717) is 0 Å². The minimum atomic E-state index is -3.51. The van der Waals surface area contributed by atoms with Gasteiger partial charge in [0.2, 0.25) is 11.8 Å². The number of aromatic nitrogens is 4. The van der Waals surface area contributed by atoms with Crippen LogP contribution in [0, 0.1) is 5.41 Å². The fourth-order valence-electron chi connectivity index (χ4n) is 3.84. The lowest BCUT2D eigenvalue weighted by Crippen LogP contribution is -2.39. The van der Waals surface area contributed by atoms with Crippen LogP contribution in [-0.4, -0.2) is 90.8 Å². The van der Waals surface area contributed by atoms with Gasteiger partial charge >= 0.3 is 5.97 Å². The number of carbonyl (C=O) groups is 2. The first-order chi connectivity index (χ1) is 20.4. The molecule has 14 nitrogen and oxygen atoms in total. The lowest BCUT2D eigenvalue weighted by molar-refractivity contribution is -0.149. The Hall–Kier alpha value is -1.69. The molecule has 1 saturated heterocycles. The number of nitrogen functional groups attached to an aromatic ring is 1. The Kier molecular flexibility index (Phi) is 12.4. The van der Waals surface area contributed by atoms with Crippen LogP contribution in [0.3, 0.4) is 0 Å². The number of hydrogen-bond acceptors (Lipinski definition) is 14. The molecule has 1 aliphatic rings. The van der Waals surface area contributed by atoms with Gasteiger partial charge in [0.15, 0.2) is 22.5 Å². The maximum Gasteiger partial charge on any atom is 0.323 e. The van der Waals surface area contributed by atoms with Gasteiger partial charge in [0, 0.05) is 11.2 Å². The highest BCUT2D eigenvalue weighted by Crippen LogP contribution is 2.49. The van der Waals surface area contributed by atoms with E-state index in [1.165, 1.54) is 17.8 Å². The van der Waals surface area contributed by atoms with E-state index < -0.39 is 54.2 Å². The zero-order chi connectivity index (χ0) is 33.0. The molecular formula is C25H39ClFN6O8PS2. The predicted molar refractivity (Wildman–Crippen MR) is 167 cm³/mol. The molecule has 0 spiro atoms. The number of nitrogens with one attached hydrogen (secondary N) is 1. The second-order valence-corrected chi connectivity index (χ2v) is 16.0. The zero-order valence-corrected chi connectivity index (χ0v) is 28.8. The molecule has 2 aromatic heterocycles. The van der Waals surface area contributed by atoms with Crippen LogP contribution >= 0.6 is 30.0 Å². The number of fused-ring (bicyclic) bond motifs is 1. The van der Waals surface area contributed by atoms with Crippen molar-refractivity contribution in [2.45, 2.75) is 84.2 Å². The third-order valence-corrected chi connectivity index (χ3v) is 10.3. The van der Waals surface area contributed by atoms with Crippen LogP contribution in [0.25, 0.3) is 11.2 Å². The van der Waals surface area contributed by atoms with E-state index in [1.54, 1.807) is 41.5 Å². The highest BCUT2D eigenvalue weighted by molar-refractivity contribution is 8.13. The van der Waals surface area contributed by atoms with Gasteiger partial charge in [-0.1, -0.05) is 44.1 Å². The number of ether oxygens (including phenoxy) is 3. The summed E-state index contributed by atoms with van der Waals surface area (Å²) in [5.74, 6) is -0.412. The van der Waals surface area contributed by atoms with Crippen molar-refractivity contribution in [1.29, 1.82) is 0 Å². The maximum absolute atomic E-state index is 15.9. The smallest absolute Gasteiger partial charge is 0.323 e. The summed E-state index contributed by atoms with van der Waals surface area (Å²) >= 11 is 12.9. The molecule has 0 aromatic carbocycles. The quantitative estimate of drug-likeness (QED) is 0.113. The van der Waals surface area contributed by atoms with Crippen LogP contribution in [0.5, 0.6) is 5.88 Å².